The highest BCUT2D eigenvalue weighted by Gasteiger charge is 2.15. The molecule has 5 heteroatoms. The zero-order valence-corrected chi connectivity index (χ0v) is 12.6. The summed E-state index contributed by atoms with van der Waals surface area (Å²) >= 11 is 0. The van der Waals surface area contributed by atoms with Crippen molar-refractivity contribution in [3.05, 3.63) is 59.9 Å². The molecule has 3 N–H and O–H groups in total. The Balaban J connectivity index is 2.17. The van der Waals surface area contributed by atoms with Gasteiger partial charge in [0.2, 0.25) is 0 Å². The van der Waals surface area contributed by atoms with Crippen molar-refractivity contribution in [2.24, 2.45) is 5.73 Å². The van der Waals surface area contributed by atoms with E-state index in [2.05, 4.69) is 5.32 Å². The van der Waals surface area contributed by atoms with Crippen LogP contribution in [0.25, 0.3) is 0 Å². The predicted octanol–water partition coefficient (Wildman–Crippen LogP) is 3.52. The van der Waals surface area contributed by atoms with Crippen molar-refractivity contribution in [1.82, 2.24) is 0 Å². The molecule has 22 heavy (non-hydrogen) atoms. The molecule has 2 aromatic rings. The minimum absolute atomic E-state index is 0.259. The van der Waals surface area contributed by atoms with Crippen LogP contribution in [0.4, 0.5) is 20.6 Å². The van der Waals surface area contributed by atoms with Gasteiger partial charge in [0.1, 0.15) is 5.82 Å². The lowest BCUT2D eigenvalue weighted by Gasteiger charge is -2.23. The Morgan fingerprint density at radius 1 is 1.23 bits per heavy atom. The van der Waals surface area contributed by atoms with Crippen molar-refractivity contribution in [3.8, 4) is 0 Å². The Hall–Kier alpha value is -2.40. The first kappa shape index (κ1) is 16.0. The Morgan fingerprint density at radius 3 is 2.59 bits per heavy atom. The molecular formula is C17H20FN3O. The van der Waals surface area contributed by atoms with Gasteiger partial charge in [0.25, 0.3) is 0 Å². The third kappa shape index (κ3) is 4.30. The van der Waals surface area contributed by atoms with E-state index in [-0.39, 0.29) is 11.8 Å². The van der Waals surface area contributed by atoms with Crippen LogP contribution < -0.4 is 16.0 Å². The lowest BCUT2D eigenvalue weighted by molar-refractivity contribution is 0.257. The Kier molecular flexibility index (Phi) is 5.49. The van der Waals surface area contributed by atoms with Crippen LogP contribution in [0.3, 0.4) is 0 Å². The predicted molar refractivity (Wildman–Crippen MR) is 87.6 cm³/mol. The lowest BCUT2D eigenvalue weighted by atomic mass is 10.2. The van der Waals surface area contributed by atoms with Gasteiger partial charge in [-0.3, -0.25) is 4.90 Å². The van der Waals surface area contributed by atoms with Gasteiger partial charge in [-0.1, -0.05) is 12.1 Å². The number of nitrogens with zero attached hydrogens (tertiary/aromatic N) is 1. The molecule has 0 saturated heterocycles. The molecule has 0 saturated carbocycles. The van der Waals surface area contributed by atoms with E-state index in [9.17, 15) is 9.18 Å². The third-order valence-corrected chi connectivity index (χ3v) is 3.24. The van der Waals surface area contributed by atoms with Gasteiger partial charge in [-0.25, -0.2) is 9.18 Å². The second kappa shape index (κ2) is 7.56. The van der Waals surface area contributed by atoms with E-state index < -0.39 is 0 Å². The first-order valence-electron chi connectivity index (χ1n) is 7.21. The number of benzene rings is 2. The maximum atomic E-state index is 13.1. The van der Waals surface area contributed by atoms with Crippen LogP contribution >= 0.6 is 0 Å². The molecule has 0 aromatic heterocycles. The number of halogens is 1. The largest absolute Gasteiger partial charge is 0.330 e. The molecule has 0 heterocycles. The highest BCUT2D eigenvalue weighted by Crippen LogP contribution is 2.18. The number of nitrogens with one attached hydrogen (secondary N) is 1. The third-order valence-electron chi connectivity index (χ3n) is 3.24. The number of rotatable bonds is 5. The first-order chi connectivity index (χ1) is 10.6. The summed E-state index contributed by atoms with van der Waals surface area (Å²) in [5, 5.41) is 2.86. The minimum atomic E-state index is -0.332. The summed E-state index contributed by atoms with van der Waals surface area (Å²) in [7, 11) is 0. The second-order valence-electron chi connectivity index (χ2n) is 5.07. The summed E-state index contributed by atoms with van der Waals surface area (Å²) < 4.78 is 13.1. The molecule has 2 amide bonds. The molecule has 2 aromatic carbocycles. The summed E-state index contributed by atoms with van der Waals surface area (Å²) in [6, 6.07) is 13.2. The number of anilines is 2. The van der Waals surface area contributed by atoms with Crippen LogP contribution in [0.2, 0.25) is 0 Å². The van der Waals surface area contributed by atoms with Crippen molar-refractivity contribution in [2.75, 3.05) is 23.3 Å². The van der Waals surface area contributed by atoms with E-state index in [1.807, 2.05) is 31.2 Å². The maximum Gasteiger partial charge on any atom is 0.326 e. The van der Waals surface area contributed by atoms with Gasteiger partial charge in [0, 0.05) is 17.9 Å². The highest BCUT2D eigenvalue weighted by molar-refractivity contribution is 6.01. The van der Waals surface area contributed by atoms with Crippen LogP contribution in [0.5, 0.6) is 0 Å². The van der Waals surface area contributed by atoms with Gasteiger partial charge in [0.15, 0.2) is 0 Å². The van der Waals surface area contributed by atoms with Gasteiger partial charge >= 0.3 is 6.03 Å². The highest BCUT2D eigenvalue weighted by atomic mass is 19.1. The quantitative estimate of drug-likeness (QED) is 0.887. The SMILES string of the molecule is Cc1cccc(NC(=O)N(CCCN)c2ccc(F)cc2)c1. The van der Waals surface area contributed by atoms with E-state index in [0.717, 1.165) is 11.3 Å². The number of urea groups is 1. The van der Waals surface area contributed by atoms with E-state index in [4.69, 9.17) is 5.73 Å². The first-order valence-corrected chi connectivity index (χ1v) is 7.21. The average molecular weight is 301 g/mol. The van der Waals surface area contributed by atoms with E-state index in [1.54, 1.807) is 17.0 Å². The Labute approximate surface area is 129 Å². The van der Waals surface area contributed by atoms with Crippen LogP contribution in [0, 0.1) is 12.7 Å². The molecule has 0 radical (unpaired) electrons. The maximum absolute atomic E-state index is 13.1. The van der Waals surface area contributed by atoms with E-state index in [0.29, 0.717) is 25.2 Å². The standard InChI is InChI=1S/C17H20FN3O/c1-13-4-2-5-15(12-13)20-17(22)21(11-3-10-19)16-8-6-14(18)7-9-16/h2,4-9,12H,3,10-11,19H2,1H3,(H,20,22). The summed E-state index contributed by atoms with van der Waals surface area (Å²) in [5.41, 5.74) is 7.96. The minimum Gasteiger partial charge on any atom is -0.330 e. The fourth-order valence-corrected chi connectivity index (χ4v) is 2.13. The molecule has 116 valence electrons. The van der Waals surface area contributed by atoms with Gasteiger partial charge < -0.3 is 11.1 Å². The van der Waals surface area contributed by atoms with Crippen molar-refractivity contribution >= 4 is 17.4 Å². The molecule has 0 spiro atoms. The average Bonchev–Trinajstić information content (AvgIpc) is 2.49. The zero-order chi connectivity index (χ0) is 15.9. The summed E-state index contributed by atoms with van der Waals surface area (Å²) in [4.78, 5) is 14.1. The molecular weight excluding hydrogens is 281 g/mol. The zero-order valence-electron chi connectivity index (χ0n) is 12.6. The van der Waals surface area contributed by atoms with E-state index in [1.165, 1.54) is 12.1 Å². The van der Waals surface area contributed by atoms with Crippen molar-refractivity contribution < 1.29 is 9.18 Å². The number of hydrogen-bond donors (Lipinski definition) is 2. The number of aryl methyl sites for hydroxylation is 1. The lowest BCUT2D eigenvalue weighted by Crippen LogP contribution is -2.36. The fraction of sp³-hybridized carbons (Fsp3) is 0.235. The smallest absolute Gasteiger partial charge is 0.326 e. The molecule has 2 rings (SSSR count). The van der Waals surface area contributed by atoms with Crippen LogP contribution in [-0.4, -0.2) is 19.1 Å². The van der Waals surface area contributed by atoms with Gasteiger partial charge in [-0.15, -0.1) is 0 Å². The molecule has 0 unspecified atom stereocenters. The van der Waals surface area contributed by atoms with Gasteiger partial charge in [0.05, 0.1) is 0 Å². The van der Waals surface area contributed by atoms with Crippen molar-refractivity contribution in [3.63, 3.8) is 0 Å². The summed E-state index contributed by atoms with van der Waals surface area (Å²) in [5.74, 6) is -0.332. The Morgan fingerprint density at radius 2 is 1.95 bits per heavy atom. The molecule has 0 aliphatic heterocycles. The number of carbonyl (C=O) groups excluding carboxylic acids is 1. The fourth-order valence-electron chi connectivity index (χ4n) is 2.13. The molecule has 0 bridgehead atoms. The molecule has 0 aliphatic rings. The van der Waals surface area contributed by atoms with Gasteiger partial charge in [-0.05, 0) is 61.9 Å². The molecule has 0 atom stereocenters. The molecule has 0 aliphatic carbocycles. The number of amides is 2. The van der Waals surface area contributed by atoms with Crippen molar-refractivity contribution in [1.29, 1.82) is 0 Å². The Bertz CT molecular complexity index is 628. The van der Waals surface area contributed by atoms with E-state index >= 15 is 0 Å². The van der Waals surface area contributed by atoms with Crippen LogP contribution in [-0.2, 0) is 0 Å². The second-order valence-corrected chi connectivity index (χ2v) is 5.07. The molecule has 0 fully saturated rings. The normalized spacial score (nSPS) is 10.3. The number of nitrogens with two attached hydrogens (primary N) is 1. The number of carbonyl (C=O) groups is 1. The van der Waals surface area contributed by atoms with Gasteiger partial charge in [-0.2, -0.15) is 0 Å². The van der Waals surface area contributed by atoms with Crippen LogP contribution in [0.15, 0.2) is 48.5 Å². The van der Waals surface area contributed by atoms with Crippen LogP contribution in [0.1, 0.15) is 12.0 Å². The number of hydrogen-bond acceptors (Lipinski definition) is 2. The summed E-state index contributed by atoms with van der Waals surface area (Å²) in [6.07, 6.45) is 0.665. The monoisotopic (exact) mass is 301 g/mol. The summed E-state index contributed by atoms with van der Waals surface area (Å²) in [6.45, 7) is 2.91. The molecule has 4 nitrogen and oxygen atoms in total. The topological polar surface area (TPSA) is 58.4 Å². The van der Waals surface area contributed by atoms with Crippen molar-refractivity contribution in [2.45, 2.75) is 13.3 Å².